The molecular formula is C13H13NOS. The molecule has 82 valence electrons. The molecule has 0 amide bonds. The van der Waals surface area contributed by atoms with Crippen LogP contribution in [0.5, 0.6) is 5.75 Å². The first-order valence-corrected chi connectivity index (χ1v) is 6.34. The molecule has 0 spiro atoms. The highest BCUT2D eigenvalue weighted by molar-refractivity contribution is 7.08. The molecule has 1 aromatic heterocycles. The van der Waals surface area contributed by atoms with Gasteiger partial charge in [0.15, 0.2) is 0 Å². The Bertz CT molecular complexity index is 493. The highest BCUT2D eigenvalue weighted by Gasteiger charge is 2.24. The molecule has 1 aliphatic rings. The van der Waals surface area contributed by atoms with Crippen molar-refractivity contribution in [3.63, 3.8) is 0 Å². The zero-order valence-electron chi connectivity index (χ0n) is 8.85. The van der Waals surface area contributed by atoms with Crippen molar-refractivity contribution >= 4 is 11.3 Å². The minimum atomic E-state index is 0.148. The van der Waals surface area contributed by atoms with Gasteiger partial charge >= 0.3 is 0 Å². The second kappa shape index (κ2) is 3.92. The van der Waals surface area contributed by atoms with Crippen molar-refractivity contribution < 1.29 is 4.74 Å². The summed E-state index contributed by atoms with van der Waals surface area (Å²) in [5.74, 6) is 1.02. The number of para-hydroxylation sites is 1. The Balaban J connectivity index is 2.07. The van der Waals surface area contributed by atoms with Crippen LogP contribution >= 0.6 is 11.3 Å². The first-order valence-electron chi connectivity index (χ1n) is 5.39. The van der Waals surface area contributed by atoms with E-state index in [-0.39, 0.29) is 6.10 Å². The van der Waals surface area contributed by atoms with Gasteiger partial charge in [0.05, 0.1) is 0 Å². The number of thiophene rings is 1. The van der Waals surface area contributed by atoms with E-state index in [1.165, 1.54) is 16.7 Å². The fraction of sp³-hybridized carbons (Fsp3) is 0.231. The first-order chi connectivity index (χ1) is 7.88. The quantitative estimate of drug-likeness (QED) is 0.862. The van der Waals surface area contributed by atoms with E-state index in [1.54, 1.807) is 11.3 Å². The molecule has 0 unspecified atom stereocenters. The molecule has 0 radical (unpaired) electrons. The Hall–Kier alpha value is -1.32. The van der Waals surface area contributed by atoms with Crippen LogP contribution in [0.25, 0.3) is 11.1 Å². The predicted octanol–water partition coefficient (Wildman–Crippen LogP) is 2.68. The van der Waals surface area contributed by atoms with E-state index >= 15 is 0 Å². The number of hydrogen-bond acceptors (Lipinski definition) is 3. The van der Waals surface area contributed by atoms with E-state index in [9.17, 15) is 0 Å². The lowest BCUT2D eigenvalue weighted by Crippen LogP contribution is -2.24. The lowest BCUT2D eigenvalue weighted by Gasteiger charge is -2.09. The van der Waals surface area contributed by atoms with Crippen molar-refractivity contribution in [1.29, 1.82) is 0 Å². The largest absolute Gasteiger partial charge is 0.488 e. The molecule has 0 aliphatic carbocycles. The summed E-state index contributed by atoms with van der Waals surface area (Å²) in [7, 11) is 0. The van der Waals surface area contributed by atoms with Crippen LogP contribution in [0.1, 0.15) is 5.56 Å². The van der Waals surface area contributed by atoms with Gasteiger partial charge in [-0.05, 0) is 28.0 Å². The average Bonchev–Trinajstić information content (AvgIpc) is 2.97. The van der Waals surface area contributed by atoms with Gasteiger partial charge in [-0.2, -0.15) is 11.3 Å². The molecule has 3 rings (SSSR count). The fourth-order valence-corrected chi connectivity index (χ4v) is 2.77. The maximum Gasteiger partial charge on any atom is 0.130 e. The number of rotatable bonds is 2. The lowest BCUT2D eigenvalue weighted by molar-refractivity contribution is 0.242. The molecule has 1 atom stereocenters. The van der Waals surface area contributed by atoms with E-state index in [0.29, 0.717) is 6.54 Å². The summed E-state index contributed by atoms with van der Waals surface area (Å²) < 4.78 is 5.89. The maximum atomic E-state index is 5.89. The molecule has 0 saturated heterocycles. The smallest absolute Gasteiger partial charge is 0.130 e. The van der Waals surface area contributed by atoms with Crippen molar-refractivity contribution in [1.82, 2.24) is 0 Å². The number of ether oxygens (including phenoxy) is 1. The summed E-state index contributed by atoms with van der Waals surface area (Å²) >= 11 is 1.71. The molecule has 2 nitrogen and oxygen atoms in total. The molecular weight excluding hydrogens is 218 g/mol. The topological polar surface area (TPSA) is 35.2 Å². The minimum Gasteiger partial charge on any atom is -0.488 e. The Kier molecular flexibility index (Phi) is 2.42. The lowest BCUT2D eigenvalue weighted by atomic mass is 10.0. The Morgan fingerprint density at radius 3 is 3.06 bits per heavy atom. The third-order valence-electron chi connectivity index (χ3n) is 2.92. The normalized spacial score (nSPS) is 18.2. The molecule has 1 aliphatic heterocycles. The summed E-state index contributed by atoms with van der Waals surface area (Å²) in [5.41, 5.74) is 9.36. The third kappa shape index (κ3) is 1.52. The van der Waals surface area contributed by atoms with Crippen LogP contribution in [0, 0.1) is 0 Å². The highest BCUT2D eigenvalue weighted by Crippen LogP contribution is 2.39. The summed E-state index contributed by atoms with van der Waals surface area (Å²) in [6.07, 6.45) is 1.08. The first kappa shape index (κ1) is 9.87. The summed E-state index contributed by atoms with van der Waals surface area (Å²) in [5, 5.41) is 4.23. The number of nitrogens with two attached hydrogens (primary N) is 1. The zero-order chi connectivity index (χ0) is 11.0. The Labute approximate surface area is 98.7 Å². The number of hydrogen-bond donors (Lipinski definition) is 1. The second-order valence-electron chi connectivity index (χ2n) is 3.99. The second-order valence-corrected chi connectivity index (χ2v) is 4.77. The van der Waals surface area contributed by atoms with Crippen LogP contribution < -0.4 is 10.5 Å². The van der Waals surface area contributed by atoms with Gasteiger partial charge in [-0.3, -0.25) is 0 Å². The van der Waals surface area contributed by atoms with Gasteiger partial charge in [0.1, 0.15) is 11.9 Å². The van der Waals surface area contributed by atoms with Crippen LogP contribution in [-0.2, 0) is 6.42 Å². The summed E-state index contributed by atoms with van der Waals surface area (Å²) in [6, 6.07) is 8.45. The van der Waals surface area contributed by atoms with E-state index in [2.05, 4.69) is 35.0 Å². The third-order valence-corrected chi connectivity index (χ3v) is 3.61. The van der Waals surface area contributed by atoms with Crippen molar-refractivity contribution in [3.05, 3.63) is 40.6 Å². The molecule has 2 aromatic rings. The Morgan fingerprint density at radius 2 is 2.31 bits per heavy atom. The predicted molar refractivity (Wildman–Crippen MR) is 66.9 cm³/mol. The molecule has 3 heteroatoms. The molecule has 1 aromatic carbocycles. The van der Waals surface area contributed by atoms with Crippen molar-refractivity contribution in [2.75, 3.05) is 6.54 Å². The molecule has 0 saturated carbocycles. The van der Waals surface area contributed by atoms with Crippen LogP contribution in [0.4, 0.5) is 0 Å². The van der Waals surface area contributed by atoms with Crippen molar-refractivity contribution in [2.24, 2.45) is 5.73 Å². The molecule has 2 N–H and O–H groups in total. The van der Waals surface area contributed by atoms with Crippen LogP contribution in [0.2, 0.25) is 0 Å². The van der Waals surface area contributed by atoms with Crippen LogP contribution in [0.3, 0.4) is 0 Å². The standard InChI is InChI=1S/C13H13NOS/c14-7-11-6-9-2-1-3-12(13(9)15-11)10-4-5-16-8-10/h1-5,8,11H,6-7,14H2/t11-/m0/s1. The maximum absolute atomic E-state index is 5.89. The molecule has 0 fully saturated rings. The van der Waals surface area contributed by atoms with E-state index in [4.69, 9.17) is 10.5 Å². The van der Waals surface area contributed by atoms with Crippen LogP contribution in [0.15, 0.2) is 35.0 Å². The van der Waals surface area contributed by atoms with Crippen molar-refractivity contribution in [3.8, 4) is 16.9 Å². The summed E-state index contributed by atoms with van der Waals surface area (Å²) in [4.78, 5) is 0. The van der Waals surface area contributed by atoms with E-state index in [1.807, 2.05) is 0 Å². The molecule has 0 bridgehead atoms. The zero-order valence-corrected chi connectivity index (χ0v) is 9.67. The van der Waals surface area contributed by atoms with E-state index in [0.717, 1.165) is 12.2 Å². The molecule has 2 heterocycles. The van der Waals surface area contributed by atoms with Gasteiger partial charge in [-0.1, -0.05) is 18.2 Å². The van der Waals surface area contributed by atoms with Gasteiger partial charge in [-0.25, -0.2) is 0 Å². The van der Waals surface area contributed by atoms with Gasteiger partial charge in [0, 0.05) is 18.5 Å². The minimum absolute atomic E-state index is 0.148. The monoisotopic (exact) mass is 231 g/mol. The Morgan fingerprint density at radius 1 is 1.38 bits per heavy atom. The van der Waals surface area contributed by atoms with Gasteiger partial charge in [-0.15, -0.1) is 0 Å². The van der Waals surface area contributed by atoms with Gasteiger partial charge < -0.3 is 10.5 Å². The van der Waals surface area contributed by atoms with Gasteiger partial charge in [0.2, 0.25) is 0 Å². The van der Waals surface area contributed by atoms with Crippen molar-refractivity contribution in [2.45, 2.75) is 12.5 Å². The van der Waals surface area contributed by atoms with E-state index < -0.39 is 0 Å². The molecule has 16 heavy (non-hydrogen) atoms. The number of benzene rings is 1. The summed E-state index contributed by atoms with van der Waals surface area (Å²) in [6.45, 7) is 0.581. The van der Waals surface area contributed by atoms with Crippen LogP contribution in [-0.4, -0.2) is 12.6 Å². The number of fused-ring (bicyclic) bond motifs is 1. The SMILES string of the molecule is NC[C@@H]1Cc2cccc(-c3ccsc3)c2O1. The highest BCUT2D eigenvalue weighted by atomic mass is 32.1. The fourth-order valence-electron chi connectivity index (χ4n) is 2.11. The van der Waals surface area contributed by atoms with Gasteiger partial charge in [0.25, 0.3) is 0 Å². The average molecular weight is 231 g/mol.